The van der Waals surface area contributed by atoms with E-state index < -0.39 is 5.60 Å². The highest BCUT2D eigenvalue weighted by atomic mass is 16.3. The maximum Gasteiger partial charge on any atom is 0.265 e. The van der Waals surface area contributed by atoms with Crippen molar-refractivity contribution in [1.82, 2.24) is 4.90 Å². The molecular formula is C27H32N2O3. The Hall–Kier alpha value is -2.50. The molecule has 32 heavy (non-hydrogen) atoms. The van der Waals surface area contributed by atoms with Crippen LogP contribution in [-0.4, -0.2) is 41.0 Å². The van der Waals surface area contributed by atoms with E-state index in [1.165, 1.54) is 24.0 Å². The van der Waals surface area contributed by atoms with E-state index in [4.69, 9.17) is 0 Å². The van der Waals surface area contributed by atoms with Crippen molar-refractivity contribution >= 4 is 17.4 Å². The first-order chi connectivity index (χ1) is 15.5. The number of carbonyl (C=O) groups excluding carboxylic acids is 2. The zero-order chi connectivity index (χ0) is 22.3. The number of aryl methyl sites for hydroxylation is 2. The van der Waals surface area contributed by atoms with Gasteiger partial charge >= 0.3 is 0 Å². The number of hydrogen-bond acceptors (Lipinski definition) is 4. The largest absolute Gasteiger partial charge is 0.375 e. The Labute approximate surface area is 190 Å². The zero-order valence-corrected chi connectivity index (χ0v) is 18.8. The number of hydrogen-bond donors (Lipinski definition) is 1. The predicted molar refractivity (Wildman–Crippen MR) is 125 cm³/mol. The Kier molecular flexibility index (Phi) is 5.64. The van der Waals surface area contributed by atoms with Crippen LogP contribution in [0, 0.1) is 0 Å². The first-order valence-electron chi connectivity index (χ1n) is 12.0. The molecule has 2 aliphatic heterocycles. The van der Waals surface area contributed by atoms with Gasteiger partial charge in [-0.2, -0.15) is 0 Å². The molecule has 1 N–H and O–H groups in total. The molecule has 1 saturated heterocycles. The van der Waals surface area contributed by atoms with Crippen molar-refractivity contribution in [3.63, 3.8) is 0 Å². The third kappa shape index (κ3) is 3.67. The molecule has 0 spiro atoms. The Balaban J connectivity index is 1.42. The van der Waals surface area contributed by atoms with Gasteiger partial charge in [-0.15, -0.1) is 0 Å². The number of rotatable bonds is 5. The maximum atomic E-state index is 13.6. The molecule has 5 heteroatoms. The lowest BCUT2D eigenvalue weighted by Gasteiger charge is -2.36. The van der Waals surface area contributed by atoms with Crippen LogP contribution in [0.15, 0.2) is 42.5 Å². The minimum absolute atomic E-state index is 0.183. The van der Waals surface area contributed by atoms with Crippen molar-refractivity contribution in [3.8, 4) is 0 Å². The van der Waals surface area contributed by atoms with Crippen molar-refractivity contribution in [2.75, 3.05) is 18.1 Å². The van der Waals surface area contributed by atoms with Crippen LogP contribution in [0.5, 0.6) is 0 Å². The molecule has 2 aromatic rings. The summed E-state index contributed by atoms with van der Waals surface area (Å²) in [7, 11) is 0. The molecule has 3 aliphatic rings. The third-order valence-electron chi connectivity index (χ3n) is 7.59. The van der Waals surface area contributed by atoms with Crippen molar-refractivity contribution < 1.29 is 14.7 Å². The summed E-state index contributed by atoms with van der Waals surface area (Å²) in [4.78, 5) is 30.8. The molecule has 0 saturated carbocycles. The van der Waals surface area contributed by atoms with Crippen LogP contribution < -0.4 is 4.90 Å². The van der Waals surface area contributed by atoms with E-state index >= 15 is 0 Å². The van der Waals surface area contributed by atoms with E-state index in [9.17, 15) is 14.7 Å². The van der Waals surface area contributed by atoms with E-state index in [1.807, 2.05) is 36.4 Å². The Bertz CT molecular complexity index is 1050. The Morgan fingerprint density at radius 3 is 2.66 bits per heavy atom. The summed E-state index contributed by atoms with van der Waals surface area (Å²) in [5, 5.41) is 11.6. The molecule has 0 bridgehead atoms. The second-order valence-electron chi connectivity index (χ2n) is 9.70. The molecule has 0 radical (unpaired) electrons. The number of Topliss-reactive ketones (excluding diaryl/α,β-unsaturated/α-hetero) is 1. The molecule has 2 atom stereocenters. The average Bonchev–Trinajstić information content (AvgIpc) is 3.02. The fraction of sp³-hybridized carbons (Fsp3) is 0.481. The molecular weight excluding hydrogens is 400 g/mol. The summed E-state index contributed by atoms with van der Waals surface area (Å²) in [5.74, 6) is -0.569. The quantitative estimate of drug-likeness (QED) is 0.720. The molecule has 1 aliphatic carbocycles. The molecule has 5 rings (SSSR count). The molecule has 1 amide bonds. The number of benzene rings is 2. The second kappa shape index (κ2) is 8.45. The number of nitrogens with zero attached hydrogens (tertiary/aromatic N) is 2. The van der Waals surface area contributed by atoms with Gasteiger partial charge in [0, 0.05) is 23.7 Å². The van der Waals surface area contributed by atoms with Gasteiger partial charge in [0.1, 0.15) is 0 Å². The summed E-state index contributed by atoms with van der Waals surface area (Å²) in [6.45, 7) is 3.59. The lowest BCUT2D eigenvalue weighted by molar-refractivity contribution is -0.136. The summed E-state index contributed by atoms with van der Waals surface area (Å²) >= 11 is 0. The predicted octanol–water partition coefficient (Wildman–Crippen LogP) is 4.20. The fourth-order valence-corrected chi connectivity index (χ4v) is 5.61. The molecule has 168 valence electrons. The van der Waals surface area contributed by atoms with E-state index in [1.54, 1.807) is 11.0 Å². The van der Waals surface area contributed by atoms with Gasteiger partial charge in [-0.25, -0.2) is 0 Å². The number of piperidine rings is 1. The normalized spacial score (nSPS) is 25.5. The second-order valence-corrected chi connectivity index (χ2v) is 9.70. The number of anilines is 1. The smallest absolute Gasteiger partial charge is 0.265 e. The van der Waals surface area contributed by atoms with Crippen LogP contribution in [0.2, 0.25) is 0 Å². The van der Waals surface area contributed by atoms with Crippen molar-refractivity contribution in [1.29, 1.82) is 0 Å². The molecule has 2 unspecified atom stereocenters. The van der Waals surface area contributed by atoms with Crippen LogP contribution in [-0.2, 0) is 23.2 Å². The van der Waals surface area contributed by atoms with Crippen LogP contribution in [0.3, 0.4) is 0 Å². The van der Waals surface area contributed by atoms with Crippen LogP contribution >= 0.6 is 0 Å². The van der Waals surface area contributed by atoms with Crippen LogP contribution in [0.25, 0.3) is 0 Å². The summed E-state index contributed by atoms with van der Waals surface area (Å²) < 4.78 is 0. The van der Waals surface area contributed by atoms with Crippen LogP contribution in [0.1, 0.15) is 72.5 Å². The van der Waals surface area contributed by atoms with E-state index in [0.717, 1.165) is 44.3 Å². The van der Waals surface area contributed by atoms with Crippen molar-refractivity contribution in [2.45, 2.75) is 69.9 Å². The Morgan fingerprint density at radius 1 is 1.06 bits per heavy atom. The van der Waals surface area contributed by atoms with Gasteiger partial charge in [0.15, 0.2) is 11.4 Å². The molecule has 1 fully saturated rings. The first-order valence-corrected chi connectivity index (χ1v) is 12.0. The van der Waals surface area contributed by atoms with Gasteiger partial charge in [-0.05, 0) is 68.7 Å². The number of likely N-dealkylation sites (tertiary alicyclic amines) is 1. The van der Waals surface area contributed by atoms with Crippen molar-refractivity contribution in [2.24, 2.45) is 0 Å². The number of ketones is 1. The van der Waals surface area contributed by atoms with E-state index in [2.05, 4.69) is 11.8 Å². The molecule has 0 aromatic heterocycles. The minimum atomic E-state index is -1.82. The lowest BCUT2D eigenvalue weighted by atomic mass is 9.85. The zero-order valence-electron chi connectivity index (χ0n) is 18.8. The number of para-hydroxylation sites is 1. The van der Waals surface area contributed by atoms with Gasteiger partial charge in [0.25, 0.3) is 5.91 Å². The van der Waals surface area contributed by atoms with Gasteiger partial charge in [-0.1, -0.05) is 36.8 Å². The topological polar surface area (TPSA) is 60.9 Å². The van der Waals surface area contributed by atoms with Crippen LogP contribution in [0.4, 0.5) is 5.69 Å². The number of amides is 1. The Morgan fingerprint density at radius 2 is 1.84 bits per heavy atom. The fourth-order valence-electron chi connectivity index (χ4n) is 5.61. The summed E-state index contributed by atoms with van der Waals surface area (Å²) in [5.41, 5.74) is 2.58. The number of fused-ring (bicyclic) bond motifs is 2. The minimum Gasteiger partial charge on any atom is -0.375 e. The summed E-state index contributed by atoms with van der Waals surface area (Å²) in [6.07, 6.45) is 7.60. The molecule has 5 nitrogen and oxygen atoms in total. The van der Waals surface area contributed by atoms with Crippen molar-refractivity contribution in [3.05, 3.63) is 64.7 Å². The highest BCUT2D eigenvalue weighted by Gasteiger charge is 2.51. The number of aliphatic hydroxyl groups is 1. The average molecular weight is 433 g/mol. The van der Waals surface area contributed by atoms with Gasteiger partial charge in [0.2, 0.25) is 0 Å². The highest BCUT2D eigenvalue weighted by Crippen LogP contribution is 2.43. The standard InChI is InChI=1S/C27H32N2O3/c1-19-8-6-7-15-28(19)18-29-24-12-5-4-11-23(24)27(32,26(29)31)17-25(30)22-14-13-20-9-2-3-10-21(20)16-22/h4-5,11-14,16,19,32H,2-3,6-10,15,17-18H2,1H3. The summed E-state index contributed by atoms with van der Waals surface area (Å²) in [6, 6.07) is 13.6. The highest BCUT2D eigenvalue weighted by molar-refractivity contribution is 6.10. The van der Waals surface area contributed by atoms with Gasteiger partial charge < -0.3 is 5.11 Å². The van der Waals surface area contributed by atoms with Gasteiger partial charge in [0.05, 0.1) is 18.8 Å². The maximum absolute atomic E-state index is 13.6. The van der Waals surface area contributed by atoms with E-state index in [-0.39, 0.29) is 18.1 Å². The third-order valence-corrected chi connectivity index (χ3v) is 7.59. The first kappa shape index (κ1) is 21.4. The molecule has 2 aromatic carbocycles. The lowest BCUT2D eigenvalue weighted by Crippen LogP contribution is -2.49. The SMILES string of the molecule is CC1CCCCN1CN1C(=O)C(O)(CC(=O)c2ccc3c(c2)CCCC3)c2ccccc21. The monoisotopic (exact) mass is 432 g/mol. The van der Waals surface area contributed by atoms with Gasteiger partial charge in [-0.3, -0.25) is 19.4 Å². The molecule has 2 heterocycles. The number of carbonyl (C=O) groups is 2. The van der Waals surface area contributed by atoms with E-state index in [0.29, 0.717) is 23.8 Å².